The lowest BCUT2D eigenvalue weighted by molar-refractivity contribution is -0.384. The molecule has 2 atom stereocenters. The smallest absolute Gasteiger partial charge is 0.293 e. The number of nitrogens with zero attached hydrogens (tertiary/aromatic N) is 2. The summed E-state index contributed by atoms with van der Waals surface area (Å²) in [4.78, 5) is 25.6. The van der Waals surface area contributed by atoms with Gasteiger partial charge in [0.15, 0.2) is 0 Å². The first-order valence-corrected chi connectivity index (χ1v) is 9.05. The highest BCUT2D eigenvalue weighted by atomic mass is 16.6. The molecule has 1 heterocycles. The maximum absolute atomic E-state index is 12.6. The fourth-order valence-electron chi connectivity index (χ4n) is 3.90. The Kier molecular flexibility index (Phi) is 5.53. The average Bonchev–Trinajstić information content (AvgIpc) is 3.16. The molecule has 1 aromatic carbocycles. The summed E-state index contributed by atoms with van der Waals surface area (Å²) < 4.78 is 0. The lowest BCUT2D eigenvalue weighted by Crippen LogP contribution is -2.43. The number of nitro groups is 1. The molecule has 0 aromatic heterocycles. The predicted molar refractivity (Wildman–Crippen MR) is 94.8 cm³/mol. The van der Waals surface area contributed by atoms with Crippen LogP contribution in [0.2, 0.25) is 0 Å². The summed E-state index contributed by atoms with van der Waals surface area (Å²) in [6.07, 6.45) is 5.89. The Morgan fingerprint density at radius 1 is 1.24 bits per heavy atom. The molecule has 1 saturated carbocycles. The van der Waals surface area contributed by atoms with E-state index in [0.29, 0.717) is 11.3 Å². The summed E-state index contributed by atoms with van der Waals surface area (Å²) in [7, 11) is 0. The van der Waals surface area contributed by atoms with Crippen molar-refractivity contribution < 1.29 is 14.8 Å². The fraction of sp³-hybridized carbons (Fsp3) is 0.611. The molecule has 0 radical (unpaired) electrons. The highest BCUT2D eigenvalue weighted by Gasteiger charge is 2.28. The van der Waals surface area contributed by atoms with Crippen molar-refractivity contribution in [3.63, 3.8) is 0 Å². The van der Waals surface area contributed by atoms with Crippen molar-refractivity contribution in [1.29, 1.82) is 0 Å². The second-order valence-corrected chi connectivity index (χ2v) is 6.96. The minimum Gasteiger partial charge on any atom is -0.396 e. The summed E-state index contributed by atoms with van der Waals surface area (Å²) in [5, 5.41) is 23.9. The van der Waals surface area contributed by atoms with Crippen LogP contribution in [0.25, 0.3) is 0 Å². The van der Waals surface area contributed by atoms with Crippen molar-refractivity contribution in [2.24, 2.45) is 5.92 Å². The van der Waals surface area contributed by atoms with Crippen molar-refractivity contribution in [2.75, 3.05) is 24.6 Å². The van der Waals surface area contributed by atoms with E-state index in [1.54, 1.807) is 12.1 Å². The molecule has 7 nitrogen and oxygen atoms in total. The molecule has 0 bridgehead atoms. The third-order valence-corrected chi connectivity index (χ3v) is 5.34. The molecule has 1 saturated heterocycles. The third-order valence-electron chi connectivity index (χ3n) is 5.34. The first kappa shape index (κ1) is 17.7. The molecule has 1 aliphatic heterocycles. The lowest BCUT2D eigenvalue weighted by atomic mass is 9.85. The normalized spacial score (nSPS) is 23.5. The molecule has 2 aliphatic rings. The Labute approximate surface area is 147 Å². The van der Waals surface area contributed by atoms with Crippen LogP contribution in [0.1, 0.15) is 48.9 Å². The molecular weight excluding hydrogens is 322 g/mol. The van der Waals surface area contributed by atoms with E-state index in [0.717, 1.165) is 51.6 Å². The number of hydrogen-bond donors (Lipinski definition) is 2. The average molecular weight is 347 g/mol. The zero-order valence-electron chi connectivity index (χ0n) is 14.3. The number of carbonyl (C=O) groups is 1. The number of amides is 1. The van der Waals surface area contributed by atoms with Crippen molar-refractivity contribution >= 4 is 17.3 Å². The molecule has 2 N–H and O–H groups in total. The summed E-state index contributed by atoms with van der Waals surface area (Å²) in [6, 6.07) is 4.65. The van der Waals surface area contributed by atoms with Crippen LogP contribution >= 0.6 is 0 Å². The maximum Gasteiger partial charge on any atom is 0.293 e. The zero-order valence-corrected chi connectivity index (χ0v) is 14.3. The molecule has 136 valence electrons. The Morgan fingerprint density at radius 2 is 1.96 bits per heavy atom. The fourth-order valence-corrected chi connectivity index (χ4v) is 3.90. The topological polar surface area (TPSA) is 95.7 Å². The van der Waals surface area contributed by atoms with Crippen LogP contribution < -0.4 is 10.2 Å². The molecule has 3 rings (SSSR count). The number of hydrogen-bond acceptors (Lipinski definition) is 5. The largest absolute Gasteiger partial charge is 0.396 e. The maximum atomic E-state index is 12.6. The van der Waals surface area contributed by atoms with Gasteiger partial charge < -0.3 is 15.3 Å². The van der Waals surface area contributed by atoms with Crippen LogP contribution in [0.15, 0.2) is 18.2 Å². The summed E-state index contributed by atoms with van der Waals surface area (Å²) >= 11 is 0. The van der Waals surface area contributed by atoms with E-state index in [-0.39, 0.29) is 30.2 Å². The van der Waals surface area contributed by atoms with E-state index in [9.17, 15) is 20.0 Å². The second kappa shape index (κ2) is 7.82. The van der Waals surface area contributed by atoms with Gasteiger partial charge in [-0.2, -0.15) is 0 Å². The van der Waals surface area contributed by atoms with Crippen molar-refractivity contribution in [1.82, 2.24) is 5.32 Å². The van der Waals surface area contributed by atoms with E-state index in [4.69, 9.17) is 0 Å². The van der Waals surface area contributed by atoms with Crippen LogP contribution in [-0.4, -0.2) is 41.7 Å². The van der Waals surface area contributed by atoms with Crippen molar-refractivity contribution in [2.45, 2.75) is 44.6 Å². The first-order valence-electron chi connectivity index (χ1n) is 9.05. The van der Waals surface area contributed by atoms with Gasteiger partial charge in [-0.15, -0.1) is 0 Å². The van der Waals surface area contributed by atoms with Crippen molar-refractivity contribution in [3.05, 3.63) is 33.9 Å². The summed E-state index contributed by atoms with van der Waals surface area (Å²) in [5.41, 5.74) is 0.874. The van der Waals surface area contributed by atoms with Gasteiger partial charge in [-0.05, 0) is 37.8 Å². The number of aliphatic hydroxyl groups excluding tert-OH is 1. The van der Waals surface area contributed by atoms with Crippen LogP contribution in [0.3, 0.4) is 0 Å². The van der Waals surface area contributed by atoms with E-state index < -0.39 is 4.92 Å². The molecule has 25 heavy (non-hydrogen) atoms. The number of nitro benzene ring substituents is 1. The number of nitrogens with one attached hydrogen (secondary N) is 1. The Balaban J connectivity index is 1.78. The number of rotatable bonds is 5. The first-order chi connectivity index (χ1) is 12.1. The van der Waals surface area contributed by atoms with E-state index >= 15 is 0 Å². The SMILES string of the molecule is O=C(NC1CCCCC1CO)c1ccc(N2CCCC2)c([N+](=O)[O-])c1. The van der Waals surface area contributed by atoms with Gasteiger partial charge in [-0.1, -0.05) is 12.8 Å². The molecule has 2 fully saturated rings. The van der Waals surface area contributed by atoms with Gasteiger partial charge in [0.1, 0.15) is 5.69 Å². The van der Waals surface area contributed by atoms with Gasteiger partial charge in [0.25, 0.3) is 11.6 Å². The number of benzene rings is 1. The van der Waals surface area contributed by atoms with E-state index in [2.05, 4.69) is 5.32 Å². The van der Waals surface area contributed by atoms with Crippen LogP contribution in [0.5, 0.6) is 0 Å². The molecule has 1 aromatic rings. The highest BCUT2D eigenvalue weighted by molar-refractivity contribution is 5.96. The number of anilines is 1. The number of aliphatic hydroxyl groups is 1. The quantitative estimate of drug-likeness (QED) is 0.630. The molecule has 2 unspecified atom stereocenters. The van der Waals surface area contributed by atoms with Crippen molar-refractivity contribution in [3.8, 4) is 0 Å². The molecule has 7 heteroatoms. The van der Waals surface area contributed by atoms with Gasteiger partial charge in [0.2, 0.25) is 0 Å². The predicted octanol–water partition coefficient (Wildman–Crippen LogP) is 2.48. The minimum atomic E-state index is -0.415. The van der Waals surface area contributed by atoms with Gasteiger partial charge >= 0.3 is 0 Å². The summed E-state index contributed by atoms with van der Waals surface area (Å²) in [6.45, 7) is 1.68. The molecular formula is C18H25N3O4. The Morgan fingerprint density at radius 3 is 2.64 bits per heavy atom. The van der Waals surface area contributed by atoms with Gasteiger partial charge in [-0.3, -0.25) is 14.9 Å². The van der Waals surface area contributed by atoms with Crippen LogP contribution in [0, 0.1) is 16.0 Å². The van der Waals surface area contributed by atoms with Gasteiger partial charge in [-0.25, -0.2) is 0 Å². The third kappa shape index (κ3) is 3.92. The zero-order chi connectivity index (χ0) is 17.8. The van der Waals surface area contributed by atoms with Gasteiger partial charge in [0.05, 0.1) is 4.92 Å². The summed E-state index contributed by atoms with van der Waals surface area (Å²) in [5.74, 6) is -0.238. The van der Waals surface area contributed by atoms with E-state index in [1.807, 2.05) is 4.90 Å². The molecule has 0 spiro atoms. The van der Waals surface area contributed by atoms with Crippen LogP contribution in [0.4, 0.5) is 11.4 Å². The highest BCUT2D eigenvalue weighted by Crippen LogP contribution is 2.32. The standard InChI is InChI=1S/C18H25N3O4/c22-12-14-5-1-2-6-15(14)19-18(23)13-7-8-16(17(11-13)21(24)25)20-9-3-4-10-20/h7-8,11,14-15,22H,1-6,9-10,12H2,(H,19,23). The second-order valence-electron chi connectivity index (χ2n) is 6.96. The molecule has 1 aliphatic carbocycles. The molecule has 1 amide bonds. The van der Waals surface area contributed by atoms with Crippen LogP contribution in [-0.2, 0) is 0 Å². The number of carbonyl (C=O) groups excluding carboxylic acids is 1. The van der Waals surface area contributed by atoms with Gasteiger partial charge in [0, 0.05) is 43.3 Å². The van der Waals surface area contributed by atoms with E-state index in [1.165, 1.54) is 6.07 Å². The lowest BCUT2D eigenvalue weighted by Gasteiger charge is -2.30. The monoisotopic (exact) mass is 347 g/mol. The Bertz CT molecular complexity index is 643. The Hall–Kier alpha value is -2.15. The minimum absolute atomic E-state index is 0.0168.